The van der Waals surface area contributed by atoms with Crippen molar-refractivity contribution in [1.82, 2.24) is 24.3 Å². The van der Waals surface area contributed by atoms with Crippen LogP contribution >= 0.6 is 0 Å². The summed E-state index contributed by atoms with van der Waals surface area (Å²) in [5.74, 6) is 0.994. The second-order valence-corrected chi connectivity index (χ2v) is 6.62. The van der Waals surface area contributed by atoms with Gasteiger partial charge in [0.25, 0.3) is 0 Å². The van der Waals surface area contributed by atoms with Crippen LogP contribution < -0.4 is 0 Å². The zero-order chi connectivity index (χ0) is 15.3. The molecule has 1 aromatic rings. The highest BCUT2D eigenvalue weighted by Crippen LogP contribution is 2.26. The number of fused-ring (bicyclic) bond motifs is 1. The van der Waals surface area contributed by atoms with E-state index in [2.05, 4.69) is 21.5 Å². The summed E-state index contributed by atoms with van der Waals surface area (Å²) in [6.45, 7) is 4.49. The fraction of sp³-hybridized carbons (Fsp3) is 0.667. The molecule has 2 amide bonds. The van der Waals surface area contributed by atoms with Crippen molar-refractivity contribution in [3.8, 4) is 0 Å². The molecular weight excluding hydrogens is 282 g/mol. The molecule has 22 heavy (non-hydrogen) atoms. The Morgan fingerprint density at radius 2 is 2.09 bits per heavy atom. The second-order valence-electron chi connectivity index (χ2n) is 6.62. The number of imidazole rings is 1. The predicted molar refractivity (Wildman–Crippen MR) is 78.7 cm³/mol. The van der Waals surface area contributed by atoms with Crippen LogP contribution in [-0.2, 0) is 22.7 Å². The average molecular weight is 303 g/mol. The number of hydrogen-bond donors (Lipinski definition) is 0. The number of nitrogens with zero attached hydrogens (tertiary/aromatic N) is 5. The molecule has 1 aromatic heterocycles. The number of carbonyl (C=O) groups excluding carboxylic acids is 2. The molecule has 7 heteroatoms. The summed E-state index contributed by atoms with van der Waals surface area (Å²) in [6, 6.07) is 0.301. The maximum atomic E-state index is 12.7. The Hall–Kier alpha value is -1.89. The van der Waals surface area contributed by atoms with E-state index in [4.69, 9.17) is 0 Å². The summed E-state index contributed by atoms with van der Waals surface area (Å²) in [4.78, 5) is 35.2. The monoisotopic (exact) mass is 303 g/mol. The van der Waals surface area contributed by atoms with Crippen molar-refractivity contribution in [3.63, 3.8) is 0 Å². The third-order valence-electron chi connectivity index (χ3n) is 5.05. The number of rotatable bonds is 2. The van der Waals surface area contributed by atoms with Crippen molar-refractivity contribution in [2.24, 2.45) is 5.92 Å². The molecule has 3 aliphatic heterocycles. The SMILES string of the molecule is CN1CC(N2CC(C(=O)N3CCn4ccnc4C3)CC2=O)C1. The van der Waals surface area contributed by atoms with E-state index in [1.807, 2.05) is 16.0 Å². The number of aromatic nitrogens is 2. The van der Waals surface area contributed by atoms with Crippen molar-refractivity contribution in [2.45, 2.75) is 25.6 Å². The molecule has 7 nitrogen and oxygen atoms in total. The molecule has 1 atom stereocenters. The van der Waals surface area contributed by atoms with E-state index in [9.17, 15) is 9.59 Å². The maximum absolute atomic E-state index is 12.7. The smallest absolute Gasteiger partial charge is 0.228 e. The Morgan fingerprint density at radius 1 is 1.27 bits per heavy atom. The van der Waals surface area contributed by atoms with Gasteiger partial charge in [-0.15, -0.1) is 0 Å². The van der Waals surface area contributed by atoms with E-state index in [0.717, 1.165) is 25.5 Å². The van der Waals surface area contributed by atoms with Gasteiger partial charge in [-0.3, -0.25) is 9.59 Å². The third kappa shape index (κ3) is 2.20. The van der Waals surface area contributed by atoms with Gasteiger partial charge in [-0.05, 0) is 7.05 Å². The third-order valence-corrected chi connectivity index (χ3v) is 5.05. The highest BCUT2D eigenvalue weighted by atomic mass is 16.2. The van der Waals surface area contributed by atoms with Gasteiger partial charge in [-0.2, -0.15) is 0 Å². The Morgan fingerprint density at radius 3 is 2.86 bits per heavy atom. The standard InChI is InChI=1S/C15H21N5O2/c1-17-8-12(9-17)20-7-11(6-14(20)21)15(22)19-5-4-18-3-2-16-13(18)10-19/h2-3,11-12H,4-10H2,1H3. The van der Waals surface area contributed by atoms with Crippen LogP contribution in [0.15, 0.2) is 12.4 Å². The van der Waals surface area contributed by atoms with Gasteiger partial charge in [0.1, 0.15) is 5.82 Å². The van der Waals surface area contributed by atoms with Gasteiger partial charge in [-0.25, -0.2) is 4.98 Å². The fourth-order valence-corrected chi connectivity index (χ4v) is 3.73. The fourth-order valence-electron chi connectivity index (χ4n) is 3.73. The topological polar surface area (TPSA) is 61.7 Å². The maximum Gasteiger partial charge on any atom is 0.228 e. The molecule has 0 radical (unpaired) electrons. The minimum atomic E-state index is -0.181. The second kappa shape index (κ2) is 5.08. The van der Waals surface area contributed by atoms with E-state index >= 15 is 0 Å². The van der Waals surface area contributed by atoms with Gasteiger partial charge in [0.05, 0.1) is 18.5 Å². The number of likely N-dealkylation sites (tertiary alicyclic amines) is 2. The molecule has 118 valence electrons. The average Bonchev–Trinajstić information content (AvgIpc) is 3.08. The van der Waals surface area contributed by atoms with Crippen molar-refractivity contribution >= 4 is 11.8 Å². The first kappa shape index (κ1) is 13.8. The highest BCUT2D eigenvalue weighted by molar-refractivity contribution is 5.89. The van der Waals surface area contributed by atoms with E-state index in [0.29, 0.717) is 32.1 Å². The first-order valence-corrected chi connectivity index (χ1v) is 7.88. The Balaban J connectivity index is 1.40. The highest BCUT2D eigenvalue weighted by Gasteiger charge is 2.42. The first-order valence-electron chi connectivity index (χ1n) is 7.88. The van der Waals surface area contributed by atoms with Gasteiger partial charge in [0.15, 0.2) is 0 Å². The first-order chi connectivity index (χ1) is 10.6. The van der Waals surface area contributed by atoms with E-state index in [1.165, 1.54) is 0 Å². The lowest BCUT2D eigenvalue weighted by molar-refractivity contribution is -0.137. The molecule has 2 fully saturated rings. The molecule has 0 aliphatic carbocycles. The lowest BCUT2D eigenvalue weighted by atomic mass is 10.1. The van der Waals surface area contributed by atoms with Crippen molar-refractivity contribution in [3.05, 3.63) is 18.2 Å². The molecule has 0 bridgehead atoms. The lowest BCUT2D eigenvalue weighted by Crippen LogP contribution is -2.58. The Labute approximate surface area is 129 Å². The molecule has 3 aliphatic rings. The van der Waals surface area contributed by atoms with Gasteiger partial charge >= 0.3 is 0 Å². The van der Waals surface area contributed by atoms with E-state index in [-0.39, 0.29) is 17.7 Å². The van der Waals surface area contributed by atoms with E-state index in [1.54, 1.807) is 6.20 Å². The Bertz CT molecular complexity index is 607. The van der Waals surface area contributed by atoms with Crippen LogP contribution in [0.2, 0.25) is 0 Å². The molecule has 0 spiro atoms. The van der Waals surface area contributed by atoms with Gasteiger partial charge < -0.3 is 19.3 Å². The number of amides is 2. The minimum absolute atomic E-state index is 0.109. The van der Waals surface area contributed by atoms with Crippen LogP contribution in [0.5, 0.6) is 0 Å². The molecule has 4 rings (SSSR count). The van der Waals surface area contributed by atoms with Gasteiger partial charge in [-0.1, -0.05) is 0 Å². The minimum Gasteiger partial charge on any atom is -0.336 e. The van der Waals surface area contributed by atoms with Crippen molar-refractivity contribution in [1.29, 1.82) is 0 Å². The van der Waals surface area contributed by atoms with Gasteiger partial charge in [0, 0.05) is 51.5 Å². The zero-order valence-electron chi connectivity index (χ0n) is 12.8. The van der Waals surface area contributed by atoms with Gasteiger partial charge in [0.2, 0.25) is 11.8 Å². The summed E-state index contributed by atoms with van der Waals surface area (Å²) < 4.78 is 2.08. The summed E-state index contributed by atoms with van der Waals surface area (Å²) in [7, 11) is 2.05. The van der Waals surface area contributed by atoms with Crippen molar-refractivity contribution in [2.75, 3.05) is 33.2 Å². The summed E-state index contributed by atoms with van der Waals surface area (Å²) in [5, 5.41) is 0. The molecule has 4 heterocycles. The Kier molecular flexibility index (Phi) is 3.18. The predicted octanol–water partition coefficient (Wildman–Crippen LogP) is -0.612. The molecular formula is C15H21N5O2. The summed E-state index contributed by atoms with van der Waals surface area (Å²) in [5.41, 5.74) is 0. The lowest BCUT2D eigenvalue weighted by Gasteiger charge is -2.42. The van der Waals surface area contributed by atoms with Crippen LogP contribution in [0.25, 0.3) is 0 Å². The zero-order valence-corrected chi connectivity index (χ0v) is 12.8. The van der Waals surface area contributed by atoms with Crippen LogP contribution in [0.4, 0.5) is 0 Å². The number of carbonyl (C=O) groups is 2. The number of hydrogen-bond acceptors (Lipinski definition) is 4. The normalized spacial score (nSPS) is 26.2. The van der Waals surface area contributed by atoms with Crippen molar-refractivity contribution < 1.29 is 9.59 Å². The molecule has 2 saturated heterocycles. The quantitative estimate of drug-likeness (QED) is 0.731. The van der Waals surface area contributed by atoms with Crippen LogP contribution in [0.3, 0.4) is 0 Å². The van der Waals surface area contributed by atoms with Crippen LogP contribution in [0.1, 0.15) is 12.2 Å². The van der Waals surface area contributed by atoms with Crippen LogP contribution in [-0.4, -0.2) is 75.3 Å². The van der Waals surface area contributed by atoms with Crippen LogP contribution in [0, 0.1) is 5.92 Å². The molecule has 0 N–H and O–H groups in total. The molecule has 0 saturated carbocycles. The number of likely N-dealkylation sites (N-methyl/N-ethyl adjacent to an activating group) is 1. The summed E-state index contributed by atoms with van der Waals surface area (Å²) >= 11 is 0. The molecule has 1 unspecified atom stereocenters. The van der Waals surface area contributed by atoms with E-state index < -0.39 is 0 Å². The summed E-state index contributed by atoms with van der Waals surface area (Å²) in [6.07, 6.45) is 4.09. The largest absolute Gasteiger partial charge is 0.336 e. The molecule has 0 aromatic carbocycles.